The van der Waals surface area contributed by atoms with E-state index in [0.717, 1.165) is 41.3 Å². The largest absolute Gasteiger partial charge is 0.416 e. The highest BCUT2D eigenvalue weighted by atomic mass is 19.4. The second kappa shape index (κ2) is 6.33. The van der Waals surface area contributed by atoms with Crippen molar-refractivity contribution in [2.75, 3.05) is 0 Å². The molecule has 2 aromatic rings. The first-order valence-corrected chi connectivity index (χ1v) is 7.78. The number of nitrogens with zero attached hydrogens (tertiary/aromatic N) is 1. The molecule has 1 atom stereocenters. The van der Waals surface area contributed by atoms with Crippen molar-refractivity contribution in [2.45, 2.75) is 25.2 Å². The van der Waals surface area contributed by atoms with Gasteiger partial charge in [0.1, 0.15) is 17.2 Å². The van der Waals surface area contributed by atoms with Crippen molar-refractivity contribution in [3.05, 3.63) is 70.8 Å². The molecule has 1 aliphatic rings. The van der Waals surface area contributed by atoms with E-state index in [0.29, 0.717) is 6.07 Å². The average molecular weight is 384 g/mol. The molecule has 27 heavy (non-hydrogen) atoms. The van der Waals surface area contributed by atoms with Crippen molar-refractivity contribution in [1.82, 2.24) is 10.2 Å². The van der Waals surface area contributed by atoms with E-state index in [1.54, 1.807) is 0 Å². The zero-order valence-electron chi connectivity index (χ0n) is 13.9. The lowest BCUT2D eigenvalue weighted by molar-refractivity contribution is -0.137. The number of hydrogen-bond donors (Lipinski definition) is 1. The summed E-state index contributed by atoms with van der Waals surface area (Å²) in [6.45, 7) is 0.984. The Morgan fingerprint density at radius 3 is 2.22 bits per heavy atom. The fourth-order valence-electron chi connectivity index (χ4n) is 2.90. The quantitative estimate of drug-likeness (QED) is 0.644. The molecule has 1 heterocycles. The van der Waals surface area contributed by atoms with Crippen molar-refractivity contribution in [1.29, 1.82) is 0 Å². The number of hydrogen-bond acceptors (Lipinski definition) is 2. The molecule has 0 spiro atoms. The summed E-state index contributed by atoms with van der Waals surface area (Å²) in [4.78, 5) is 25.7. The van der Waals surface area contributed by atoms with Crippen LogP contribution in [0.25, 0.3) is 0 Å². The van der Waals surface area contributed by atoms with Gasteiger partial charge in [0.2, 0.25) is 0 Å². The van der Waals surface area contributed by atoms with Gasteiger partial charge in [-0.3, -0.25) is 9.69 Å². The van der Waals surface area contributed by atoms with Crippen molar-refractivity contribution in [2.24, 2.45) is 0 Å². The van der Waals surface area contributed by atoms with Crippen LogP contribution in [0.3, 0.4) is 0 Å². The lowest BCUT2D eigenvalue weighted by Crippen LogP contribution is -2.41. The van der Waals surface area contributed by atoms with Gasteiger partial charge in [0, 0.05) is 11.6 Å². The summed E-state index contributed by atoms with van der Waals surface area (Å²) in [6.07, 6.45) is -4.50. The highest BCUT2D eigenvalue weighted by molar-refractivity contribution is 6.07. The molecular formula is C18H13F5N2O2. The molecule has 0 aliphatic carbocycles. The maximum absolute atomic E-state index is 14.1. The standard InChI is InChI=1S/C18H13F5N2O2/c1-17(13-7-6-12(19)8-14(13)20)15(26)25(16(27)24-17)9-10-2-4-11(5-3-10)18(21,22)23/h2-8H,9H2,1H3,(H,24,27). The van der Waals surface area contributed by atoms with Crippen LogP contribution in [0.15, 0.2) is 42.5 Å². The second-order valence-electron chi connectivity index (χ2n) is 6.27. The molecule has 2 aromatic carbocycles. The maximum Gasteiger partial charge on any atom is 0.416 e. The predicted octanol–water partition coefficient (Wildman–Crippen LogP) is 3.95. The van der Waals surface area contributed by atoms with Gasteiger partial charge in [0.15, 0.2) is 0 Å². The van der Waals surface area contributed by atoms with Gasteiger partial charge < -0.3 is 5.32 Å². The normalized spacial score (nSPS) is 20.1. The van der Waals surface area contributed by atoms with Gasteiger partial charge in [0.25, 0.3) is 5.91 Å². The summed E-state index contributed by atoms with van der Waals surface area (Å²) in [6, 6.07) is 5.77. The van der Waals surface area contributed by atoms with Gasteiger partial charge in [-0.2, -0.15) is 13.2 Å². The Morgan fingerprint density at radius 2 is 1.67 bits per heavy atom. The molecule has 0 bridgehead atoms. The number of carbonyl (C=O) groups is 2. The predicted molar refractivity (Wildman–Crippen MR) is 84.2 cm³/mol. The van der Waals surface area contributed by atoms with Crippen LogP contribution >= 0.6 is 0 Å². The number of carbonyl (C=O) groups excluding carboxylic acids is 2. The van der Waals surface area contributed by atoms with E-state index >= 15 is 0 Å². The summed E-state index contributed by atoms with van der Waals surface area (Å²) in [7, 11) is 0. The van der Waals surface area contributed by atoms with Crippen LogP contribution in [-0.2, 0) is 23.1 Å². The van der Waals surface area contributed by atoms with E-state index in [2.05, 4.69) is 5.32 Å². The van der Waals surface area contributed by atoms with Gasteiger partial charge in [-0.25, -0.2) is 13.6 Å². The Bertz CT molecular complexity index is 911. The minimum atomic E-state index is -4.50. The molecule has 0 aromatic heterocycles. The van der Waals surface area contributed by atoms with Crippen LogP contribution in [-0.4, -0.2) is 16.8 Å². The van der Waals surface area contributed by atoms with E-state index in [1.165, 1.54) is 6.92 Å². The molecule has 9 heteroatoms. The van der Waals surface area contributed by atoms with E-state index in [1.807, 2.05) is 0 Å². The van der Waals surface area contributed by atoms with Crippen LogP contribution in [0.1, 0.15) is 23.6 Å². The summed E-state index contributed by atoms with van der Waals surface area (Å²) < 4.78 is 65.0. The first kappa shape index (κ1) is 18.8. The number of benzene rings is 2. The Kier molecular flexibility index (Phi) is 4.41. The maximum atomic E-state index is 14.1. The molecule has 0 saturated carbocycles. The zero-order valence-corrected chi connectivity index (χ0v) is 13.9. The lowest BCUT2D eigenvalue weighted by atomic mass is 9.91. The fourth-order valence-corrected chi connectivity index (χ4v) is 2.90. The number of amides is 3. The van der Waals surface area contributed by atoms with E-state index in [9.17, 15) is 31.5 Å². The summed E-state index contributed by atoms with van der Waals surface area (Å²) >= 11 is 0. The van der Waals surface area contributed by atoms with E-state index in [-0.39, 0.29) is 17.7 Å². The van der Waals surface area contributed by atoms with Crippen molar-refractivity contribution >= 4 is 11.9 Å². The van der Waals surface area contributed by atoms with Crippen molar-refractivity contribution in [3.63, 3.8) is 0 Å². The molecule has 1 saturated heterocycles. The molecule has 3 amide bonds. The van der Waals surface area contributed by atoms with Crippen LogP contribution in [0.5, 0.6) is 0 Å². The molecule has 1 unspecified atom stereocenters. The van der Waals surface area contributed by atoms with Gasteiger partial charge in [-0.05, 0) is 30.7 Å². The summed E-state index contributed by atoms with van der Waals surface area (Å²) in [5, 5.41) is 2.36. The Balaban J connectivity index is 1.86. The third-order valence-corrected chi connectivity index (χ3v) is 4.37. The molecule has 1 aliphatic heterocycles. The first-order chi connectivity index (χ1) is 12.5. The van der Waals surface area contributed by atoms with Crippen LogP contribution < -0.4 is 5.32 Å². The first-order valence-electron chi connectivity index (χ1n) is 7.78. The van der Waals surface area contributed by atoms with Crippen LogP contribution in [0, 0.1) is 11.6 Å². The van der Waals surface area contributed by atoms with E-state index < -0.39 is 40.9 Å². The zero-order chi connectivity index (χ0) is 20.0. The number of urea groups is 1. The summed E-state index contributed by atoms with van der Waals surface area (Å²) in [5.74, 6) is -2.63. The average Bonchev–Trinajstić information content (AvgIpc) is 2.78. The van der Waals surface area contributed by atoms with Gasteiger partial charge in [-0.1, -0.05) is 18.2 Å². The minimum Gasteiger partial charge on any atom is -0.319 e. The third kappa shape index (κ3) is 3.36. The smallest absolute Gasteiger partial charge is 0.319 e. The molecule has 3 rings (SSSR count). The number of nitrogens with one attached hydrogen (secondary N) is 1. The number of alkyl halides is 3. The molecular weight excluding hydrogens is 371 g/mol. The van der Waals surface area contributed by atoms with Gasteiger partial charge >= 0.3 is 12.2 Å². The number of rotatable bonds is 3. The highest BCUT2D eigenvalue weighted by Gasteiger charge is 2.50. The molecule has 1 fully saturated rings. The van der Waals surface area contributed by atoms with Crippen LogP contribution in [0.2, 0.25) is 0 Å². The molecule has 4 nitrogen and oxygen atoms in total. The SMILES string of the molecule is CC1(c2ccc(F)cc2F)NC(=O)N(Cc2ccc(C(F)(F)F)cc2)C1=O. The highest BCUT2D eigenvalue weighted by Crippen LogP contribution is 2.33. The van der Waals surface area contributed by atoms with Crippen molar-refractivity contribution in [3.8, 4) is 0 Å². The molecule has 142 valence electrons. The number of imide groups is 1. The Morgan fingerprint density at radius 1 is 1.04 bits per heavy atom. The van der Waals surface area contributed by atoms with Crippen LogP contribution in [0.4, 0.5) is 26.7 Å². The van der Waals surface area contributed by atoms with E-state index in [4.69, 9.17) is 0 Å². The lowest BCUT2D eigenvalue weighted by Gasteiger charge is -2.22. The number of halogens is 5. The Labute approximate surface area is 150 Å². The summed E-state index contributed by atoms with van der Waals surface area (Å²) in [5.41, 5.74) is -2.53. The second-order valence-corrected chi connectivity index (χ2v) is 6.27. The Hall–Kier alpha value is -2.97. The van der Waals surface area contributed by atoms with Crippen molar-refractivity contribution < 1.29 is 31.5 Å². The monoisotopic (exact) mass is 384 g/mol. The van der Waals surface area contributed by atoms with Gasteiger partial charge in [-0.15, -0.1) is 0 Å². The fraction of sp³-hybridized carbons (Fsp3) is 0.222. The van der Waals surface area contributed by atoms with Gasteiger partial charge in [0.05, 0.1) is 12.1 Å². The third-order valence-electron chi connectivity index (χ3n) is 4.37. The minimum absolute atomic E-state index is 0.211. The molecule has 0 radical (unpaired) electrons. The topological polar surface area (TPSA) is 49.4 Å². The molecule has 1 N–H and O–H groups in total.